The summed E-state index contributed by atoms with van der Waals surface area (Å²) in [6.07, 6.45) is 0.747. The Morgan fingerprint density at radius 2 is 2.17 bits per heavy atom. The van der Waals surface area contributed by atoms with Crippen LogP contribution in [0.5, 0.6) is 5.75 Å². The number of aromatic nitrogens is 2. The summed E-state index contributed by atoms with van der Waals surface area (Å²) in [7, 11) is 0. The summed E-state index contributed by atoms with van der Waals surface area (Å²) < 4.78 is 19.4. The minimum Gasteiger partial charge on any atom is -0.492 e. The summed E-state index contributed by atoms with van der Waals surface area (Å²) in [5.41, 5.74) is 3.19. The summed E-state index contributed by atoms with van der Waals surface area (Å²) in [4.78, 5) is 0. The lowest BCUT2D eigenvalue weighted by molar-refractivity contribution is 0.318. The number of H-pyrrole nitrogens is 1. The average Bonchev–Trinajstić information content (AvgIpc) is 2.65. The molecule has 0 saturated heterocycles. The van der Waals surface area contributed by atoms with E-state index in [0.29, 0.717) is 12.4 Å². The molecule has 18 heavy (non-hydrogen) atoms. The Kier molecular flexibility index (Phi) is 4.01. The molecule has 5 heteroatoms. The lowest BCUT2D eigenvalue weighted by Crippen LogP contribution is -2.03. The van der Waals surface area contributed by atoms with E-state index in [1.807, 2.05) is 13.8 Å². The standard InChI is InChI=1S/C13H14BrFN2O/c1-8-11(9(2)17-16-8)5-6-18-13-7-10(15)3-4-12(13)14/h3-4,7H,5-6H2,1-2H3,(H,16,17). The molecule has 0 saturated carbocycles. The smallest absolute Gasteiger partial charge is 0.136 e. The molecule has 96 valence electrons. The van der Waals surface area contributed by atoms with E-state index in [1.165, 1.54) is 12.1 Å². The van der Waals surface area contributed by atoms with Crippen LogP contribution in [0.2, 0.25) is 0 Å². The maximum absolute atomic E-state index is 13.1. The van der Waals surface area contributed by atoms with Crippen molar-refractivity contribution in [1.82, 2.24) is 10.2 Å². The van der Waals surface area contributed by atoms with Gasteiger partial charge in [0, 0.05) is 18.2 Å². The van der Waals surface area contributed by atoms with Crippen LogP contribution in [0.3, 0.4) is 0 Å². The van der Waals surface area contributed by atoms with E-state index in [2.05, 4.69) is 26.1 Å². The third-order valence-electron chi connectivity index (χ3n) is 2.78. The van der Waals surface area contributed by atoms with Crippen molar-refractivity contribution in [2.24, 2.45) is 0 Å². The number of halogens is 2. The van der Waals surface area contributed by atoms with Crippen LogP contribution >= 0.6 is 15.9 Å². The fourth-order valence-electron chi connectivity index (χ4n) is 1.79. The Morgan fingerprint density at radius 3 is 2.83 bits per heavy atom. The lowest BCUT2D eigenvalue weighted by atomic mass is 10.1. The van der Waals surface area contributed by atoms with Crippen molar-refractivity contribution in [3.8, 4) is 5.75 Å². The molecular weight excluding hydrogens is 299 g/mol. The zero-order chi connectivity index (χ0) is 13.1. The molecule has 1 aromatic carbocycles. The van der Waals surface area contributed by atoms with Gasteiger partial charge in [-0.05, 0) is 47.5 Å². The normalized spacial score (nSPS) is 10.7. The predicted molar refractivity (Wildman–Crippen MR) is 71.4 cm³/mol. The fraction of sp³-hybridized carbons (Fsp3) is 0.308. The number of nitrogens with one attached hydrogen (secondary N) is 1. The number of hydrogen-bond acceptors (Lipinski definition) is 2. The maximum Gasteiger partial charge on any atom is 0.136 e. The van der Waals surface area contributed by atoms with Crippen molar-refractivity contribution < 1.29 is 9.13 Å². The van der Waals surface area contributed by atoms with Gasteiger partial charge in [-0.15, -0.1) is 0 Å². The van der Waals surface area contributed by atoms with Gasteiger partial charge in [0.25, 0.3) is 0 Å². The molecule has 1 heterocycles. The monoisotopic (exact) mass is 312 g/mol. The van der Waals surface area contributed by atoms with E-state index in [9.17, 15) is 4.39 Å². The van der Waals surface area contributed by atoms with Crippen LogP contribution in [-0.2, 0) is 6.42 Å². The van der Waals surface area contributed by atoms with Crippen LogP contribution in [0.25, 0.3) is 0 Å². The van der Waals surface area contributed by atoms with Gasteiger partial charge < -0.3 is 4.74 Å². The second-order valence-corrected chi connectivity index (χ2v) is 4.94. The van der Waals surface area contributed by atoms with Gasteiger partial charge in [0.2, 0.25) is 0 Å². The molecule has 0 atom stereocenters. The Labute approximate surface area is 113 Å². The molecule has 0 aliphatic carbocycles. The fourth-order valence-corrected chi connectivity index (χ4v) is 2.15. The summed E-state index contributed by atoms with van der Waals surface area (Å²) in [6.45, 7) is 4.42. The zero-order valence-corrected chi connectivity index (χ0v) is 11.8. The first kappa shape index (κ1) is 13.1. The van der Waals surface area contributed by atoms with Crippen LogP contribution in [0.15, 0.2) is 22.7 Å². The summed E-state index contributed by atoms with van der Waals surface area (Å²) in [6, 6.07) is 4.40. The van der Waals surface area contributed by atoms with Gasteiger partial charge in [-0.2, -0.15) is 5.10 Å². The second kappa shape index (κ2) is 5.52. The van der Waals surface area contributed by atoms with Gasteiger partial charge in [-0.1, -0.05) is 0 Å². The average molecular weight is 313 g/mol. The number of ether oxygens (including phenoxy) is 1. The minimum absolute atomic E-state index is 0.302. The van der Waals surface area contributed by atoms with Gasteiger partial charge in [0.15, 0.2) is 0 Å². The Bertz CT molecular complexity index is 534. The molecule has 2 aromatic rings. The highest BCUT2D eigenvalue weighted by Crippen LogP contribution is 2.25. The van der Waals surface area contributed by atoms with Crippen LogP contribution < -0.4 is 4.74 Å². The van der Waals surface area contributed by atoms with Gasteiger partial charge in [-0.3, -0.25) is 5.10 Å². The summed E-state index contributed by atoms with van der Waals surface area (Å²) >= 11 is 3.33. The molecule has 0 radical (unpaired) electrons. The highest BCUT2D eigenvalue weighted by atomic mass is 79.9. The topological polar surface area (TPSA) is 37.9 Å². The number of hydrogen-bond donors (Lipinski definition) is 1. The van der Waals surface area contributed by atoms with E-state index in [1.54, 1.807) is 6.07 Å². The summed E-state index contributed by atoms with van der Waals surface area (Å²) in [5, 5.41) is 7.05. The number of benzene rings is 1. The highest BCUT2D eigenvalue weighted by molar-refractivity contribution is 9.10. The maximum atomic E-state index is 13.1. The molecule has 1 N–H and O–H groups in total. The first-order valence-corrected chi connectivity index (χ1v) is 6.45. The molecule has 0 bridgehead atoms. The van der Waals surface area contributed by atoms with Crippen molar-refractivity contribution in [3.05, 3.63) is 45.4 Å². The van der Waals surface area contributed by atoms with E-state index in [4.69, 9.17) is 4.74 Å². The number of aryl methyl sites for hydroxylation is 2. The predicted octanol–water partition coefficient (Wildman–Crippen LogP) is 3.55. The number of rotatable bonds is 4. The minimum atomic E-state index is -0.302. The SMILES string of the molecule is Cc1n[nH]c(C)c1CCOc1cc(F)ccc1Br. The molecule has 0 unspecified atom stereocenters. The zero-order valence-electron chi connectivity index (χ0n) is 10.3. The molecule has 0 fully saturated rings. The molecule has 0 aliphatic heterocycles. The Morgan fingerprint density at radius 1 is 1.39 bits per heavy atom. The third kappa shape index (κ3) is 2.90. The number of aromatic amines is 1. The van der Waals surface area contributed by atoms with Crippen molar-refractivity contribution in [3.63, 3.8) is 0 Å². The van der Waals surface area contributed by atoms with Gasteiger partial charge in [0.1, 0.15) is 11.6 Å². The van der Waals surface area contributed by atoms with Crippen molar-refractivity contribution in [2.45, 2.75) is 20.3 Å². The van der Waals surface area contributed by atoms with Crippen molar-refractivity contribution in [2.75, 3.05) is 6.61 Å². The summed E-state index contributed by atoms with van der Waals surface area (Å²) in [5.74, 6) is 0.220. The van der Waals surface area contributed by atoms with E-state index in [0.717, 1.165) is 27.8 Å². The molecule has 0 amide bonds. The first-order chi connectivity index (χ1) is 8.58. The molecule has 2 rings (SSSR count). The van der Waals surface area contributed by atoms with E-state index in [-0.39, 0.29) is 5.82 Å². The Balaban J connectivity index is 1.98. The van der Waals surface area contributed by atoms with Crippen LogP contribution in [0.4, 0.5) is 4.39 Å². The number of nitrogens with zero attached hydrogens (tertiary/aromatic N) is 1. The third-order valence-corrected chi connectivity index (χ3v) is 3.44. The lowest BCUT2D eigenvalue weighted by Gasteiger charge is -2.08. The van der Waals surface area contributed by atoms with Gasteiger partial charge in [-0.25, -0.2) is 4.39 Å². The molecule has 0 spiro atoms. The van der Waals surface area contributed by atoms with E-state index < -0.39 is 0 Å². The van der Waals surface area contributed by atoms with Crippen molar-refractivity contribution >= 4 is 15.9 Å². The first-order valence-electron chi connectivity index (χ1n) is 5.66. The van der Waals surface area contributed by atoms with E-state index >= 15 is 0 Å². The molecular formula is C13H14BrFN2O. The molecule has 1 aromatic heterocycles. The van der Waals surface area contributed by atoms with Gasteiger partial charge >= 0.3 is 0 Å². The molecule has 3 nitrogen and oxygen atoms in total. The van der Waals surface area contributed by atoms with Crippen LogP contribution in [-0.4, -0.2) is 16.8 Å². The second-order valence-electron chi connectivity index (χ2n) is 4.09. The largest absolute Gasteiger partial charge is 0.492 e. The highest BCUT2D eigenvalue weighted by Gasteiger charge is 2.07. The van der Waals surface area contributed by atoms with Crippen LogP contribution in [0.1, 0.15) is 17.0 Å². The quantitative estimate of drug-likeness (QED) is 0.937. The molecule has 0 aliphatic rings. The Hall–Kier alpha value is -1.36. The van der Waals surface area contributed by atoms with Gasteiger partial charge in [0.05, 0.1) is 16.8 Å². The van der Waals surface area contributed by atoms with Crippen molar-refractivity contribution in [1.29, 1.82) is 0 Å². The van der Waals surface area contributed by atoms with Crippen LogP contribution in [0, 0.1) is 19.7 Å².